The van der Waals surface area contributed by atoms with Crippen LogP contribution in [0.5, 0.6) is 0 Å². The maximum Gasteiger partial charge on any atom is 0.313 e. The van der Waals surface area contributed by atoms with E-state index in [1.165, 1.54) is 0 Å². The number of carbonyl (C=O) groups excluding carboxylic acids is 2. The highest BCUT2D eigenvalue weighted by molar-refractivity contribution is 5.99. The smallest absolute Gasteiger partial charge is 0.313 e. The lowest BCUT2D eigenvalue weighted by Crippen LogP contribution is -2.42. The minimum absolute atomic E-state index is 0.157. The summed E-state index contributed by atoms with van der Waals surface area (Å²) in [5.41, 5.74) is 3.33. The highest BCUT2D eigenvalue weighted by atomic mass is 16.5. The van der Waals surface area contributed by atoms with Crippen LogP contribution in [0.15, 0.2) is 48.5 Å². The van der Waals surface area contributed by atoms with Crippen molar-refractivity contribution in [3.8, 4) is 0 Å². The van der Waals surface area contributed by atoms with Crippen LogP contribution in [0.25, 0.3) is 11.0 Å². The Hall–Kier alpha value is -3.15. The van der Waals surface area contributed by atoms with Gasteiger partial charge in [0.2, 0.25) is 0 Å². The van der Waals surface area contributed by atoms with Crippen LogP contribution in [0.1, 0.15) is 44.0 Å². The maximum absolute atomic E-state index is 13.3. The highest BCUT2D eigenvalue weighted by Crippen LogP contribution is 2.42. The number of imidazole rings is 1. The Morgan fingerprint density at radius 3 is 2.68 bits per heavy atom. The number of carbonyl (C=O) groups is 2. The molecule has 0 radical (unpaired) electrons. The SMILES string of the molecule is C[C@@H](OC(=O)C1(Cc2nc3ccccc3[nH]2)CCCC1)C(=O)N1CCc2ccccc21. The molecule has 3 aromatic rings. The number of para-hydroxylation sites is 3. The van der Waals surface area contributed by atoms with E-state index in [1.54, 1.807) is 11.8 Å². The molecule has 0 saturated heterocycles. The molecule has 1 saturated carbocycles. The van der Waals surface area contributed by atoms with Gasteiger partial charge in [0.15, 0.2) is 6.10 Å². The van der Waals surface area contributed by atoms with Gasteiger partial charge in [0, 0.05) is 18.7 Å². The molecule has 5 rings (SSSR count). The summed E-state index contributed by atoms with van der Waals surface area (Å²) >= 11 is 0. The van der Waals surface area contributed by atoms with Gasteiger partial charge in [0.05, 0.1) is 16.4 Å². The molecular weight excluding hydrogens is 390 g/mol. The average Bonchev–Trinajstić information content (AvgIpc) is 3.51. The van der Waals surface area contributed by atoms with Gasteiger partial charge in [-0.1, -0.05) is 43.2 Å². The number of nitrogens with one attached hydrogen (secondary N) is 1. The molecule has 0 unspecified atom stereocenters. The van der Waals surface area contributed by atoms with E-state index in [-0.39, 0.29) is 11.9 Å². The number of fused-ring (bicyclic) bond motifs is 2. The molecule has 2 aromatic carbocycles. The van der Waals surface area contributed by atoms with Crippen molar-refractivity contribution in [1.82, 2.24) is 9.97 Å². The molecule has 31 heavy (non-hydrogen) atoms. The summed E-state index contributed by atoms with van der Waals surface area (Å²) in [6.45, 7) is 2.31. The summed E-state index contributed by atoms with van der Waals surface area (Å²) in [5.74, 6) is 0.362. The third-order valence-electron chi connectivity index (χ3n) is 6.72. The molecule has 1 N–H and O–H groups in total. The first-order chi connectivity index (χ1) is 15.1. The number of rotatable bonds is 5. The quantitative estimate of drug-likeness (QED) is 0.632. The largest absolute Gasteiger partial charge is 0.452 e. The molecule has 0 bridgehead atoms. The standard InChI is InChI=1S/C25H27N3O3/c1-17(23(29)28-15-12-18-8-2-5-11-21(18)28)31-24(30)25(13-6-7-14-25)16-22-26-19-9-3-4-10-20(19)27-22/h2-5,8-11,17H,6-7,12-16H2,1H3,(H,26,27)/t17-/m1/s1. The minimum atomic E-state index is -0.813. The van der Waals surface area contributed by atoms with Gasteiger partial charge in [-0.15, -0.1) is 0 Å². The lowest BCUT2D eigenvalue weighted by atomic mass is 9.82. The summed E-state index contributed by atoms with van der Waals surface area (Å²) in [6.07, 6.45) is 4.01. The van der Waals surface area contributed by atoms with Crippen molar-refractivity contribution in [1.29, 1.82) is 0 Å². The Labute approximate surface area is 181 Å². The number of aromatic amines is 1. The van der Waals surface area contributed by atoms with E-state index >= 15 is 0 Å². The third-order valence-corrected chi connectivity index (χ3v) is 6.72. The molecule has 1 aliphatic carbocycles. The van der Waals surface area contributed by atoms with Gasteiger partial charge >= 0.3 is 5.97 Å². The van der Waals surface area contributed by atoms with Gasteiger partial charge in [-0.25, -0.2) is 4.98 Å². The monoisotopic (exact) mass is 417 g/mol. The Morgan fingerprint density at radius 2 is 1.87 bits per heavy atom. The van der Waals surface area contributed by atoms with E-state index < -0.39 is 11.5 Å². The van der Waals surface area contributed by atoms with Crippen LogP contribution in [0.3, 0.4) is 0 Å². The molecule has 2 heterocycles. The van der Waals surface area contributed by atoms with Crippen LogP contribution < -0.4 is 4.90 Å². The first-order valence-electron chi connectivity index (χ1n) is 11.1. The van der Waals surface area contributed by atoms with Gasteiger partial charge < -0.3 is 14.6 Å². The number of anilines is 1. The Balaban J connectivity index is 1.32. The molecule has 2 aliphatic rings. The Kier molecular flexibility index (Phi) is 5.00. The zero-order chi connectivity index (χ0) is 21.4. The zero-order valence-corrected chi connectivity index (χ0v) is 17.8. The minimum Gasteiger partial charge on any atom is -0.452 e. The van der Waals surface area contributed by atoms with Gasteiger partial charge in [-0.05, 0) is 49.9 Å². The van der Waals surface area contributed by atoms with Crippen LogP contribution in [0, 0.1) is 5.41 Å². The molecule has 1 aliphatic heterocycles. The number of aromatic nitrogens is 2. The first kappa shape index (κ1) is 19.8. The van der Waals surface area contributed by atoms with Crippen molar-refractivity contribution in [2.45, 2.75) is 51.6 Å². The Bertz CT molecular complexity index is 1100. The summed E-state index contributed by atoms with van der Waals surface area (Å²) in [4.78, 5) is 36.1. The topological polar surface area (TPSA) is 75.3 Å². The summed E-state index contributed by atoms with van der Waals surface area (Å²) < 4.78 is 5.80. The second-order valence-corrected chi connectivity index (χ2v) is 8.78. The van der Waals surface area contributed by atoms with Crippen LogP contribution in [0.4, 0.5) is 5.69 Å². The first-order valence-corrected chi connectivity index (χ1v) is 11.1. The third kappa shape index (κ3) is 3.60. The molecule has 1 atom stereocenters. The number of hydrogen-bond donors (Lipinski definition) is 1. The Morgan fingerprint density at radius 1 is 1.13 bits per heavy atom. The van der Waals surface area contributed by atoms with Gasteiger partial charge in [0.1, 0.15) is 5.82 Å². The van der Waals surface area contributed by atoms with E-state index in [0.717, 1.165) is 60.2 Å². The number of benzene rings is 2. The number of H-pyrrole nitrogens is 1. The predicted molar refractivity (Wildman–Crippen MR) is 119 cm³/mol. The normalized spacial score (nSPS) is 18.2. The van der Waals surface area contributed by atoms with E-state index in [0.29, 0.717) is 13.0 Å². The molecule has 6 heteroatoms. The van der Waals surface area contributed by atoms with Crippen molar-refractivity contribution in [2.24, 2.45) is 5.41 Å². The van der Waals surface area contributed by atoms with Gasteiger partial charge in [0.25, 0.3) is 5.91 Å². The van der Waals surface area contributed by atoms with Crippen molar-refractivity contribution in [2.75, 3.05) is 11.4 Å². The lowest BCUT2D eigenvalue weighted by Gasteiger charge is -2.29. The zero-order valence-electron chi connectivity index (χ0n) is 17.8. The summed E-state index contributed by atoms with van der Waals surface area (Å²) in [5, 5.41) is 0. The van der Waals surface area contributed by atoms with E-state index in [1.807, 2.05) is 48.5 Å². The van der Waals surface area contributed by atoms with Crippen LogP contribution in [-0.2, 0) is 27.2 Å². The fourth-order valence-corrected chi connectivity index (χ4v) is 5.04. The molecular formula is C25H27N3O3. The number of ether oxygens (including phenoxy) is 1. The number of nitrogens with zero attached hydrogens (tertiary/aromatic N) is 2. The van der Waals surface area contributed by atoms with Crippen LogP contribution >= 0.6 is 0 Å². The molecule has 1 amide bonds. The molecule has 1 aromatic heterocycles. The number of hydrogen-bond acceptors (Lipinski definition) is 4. The average molecular weight is 418 g/mol. The second kappa shape index (κ2) is 7.84. The second-order valence-electron chi connectivity index (χ2n) is 8.78. The van der Waals surface area contributed by atoms with Gasteiger partial charge in [-0.2, -0.15) is 0 Å². The van der Waals surface area contributed by atoms with Crippen molar-refractivity contribution in [3.63, 3.8) is 0 Å². The van der Waals surface area contributed by atoms with E-state index in [9.17, 15) is 9.59 Å². The van der Waals surface area contributed by atoms with Crippen LogP contribution in [0.2, 0.25) is 0 Å². The highest BCUT2D eigenvalue weighted by Gasteiger charge is 2.45. The van der Waals surface area contributed by atoms with Crippen molar-refractivity contribution < 1.29 is 14.3 Å². The van der Waals surface area contributed by atoms with Crippen molar-refractivity contribution in [3.05, 3.63) is 59.9 Å². The number of esters is 1. The van der Waals surface area contributed by atoms with E-state index in [2.05, 4.69) is 9.97 Å². The maximum atomic E-state index is 13.3. The fourth-order valence-electron chi connectivity index (χ4n) is 5.04. The summed E-state index contributed by atoms with van der Waals surface area (Å²) in [6, 6.07) is 15.8. The lowest BCUT2D eigenvalue weighted by molar-refractivity contribution is -0.164. The summed E-state index contributed by atoms with van der Waals surface area (Å²) in [7, 11) is 0. The molecule has 0 spiro atoms. The van der Waals surface area contributed by atoms with Crippen molar-refractivity contribution >= 4 is 28.6 Å². The van der Waals surface area contributed by atoms with E-state index in [4.69, 9.17) is 4.74 Å². The predicted octanol–water partition coefficient (Wildman–Crippen LogP) is 4.19. The number of amides is 1. The van der Waals surface area contributed by atoms with Crippen LogP contribution in [-0.4, -0.2) is 34.5 Å². The molecule has 6 nitrogen and oxygen atoms in total. The molecule has 160 valence electrons. The van der Waals surface area contributed by atoms with Gasteiger partial charge in [-0.3, -0.25) is 9.59 Å². The molecule has 1 fully saturated rings. The fraction of sp³-hybridized carbons (Fsp3) is 0.400.